The Morgan fingerprint density at radius 3 is 2.66 bits per heavy atom. The third-order valence-corrected chi connectivity index (χ3v) is 11.6. The number of ether oxygens (including phenoxy) is 2. The number of aryl methyl sites for hydroxylation is 1. The van der Waals surface area contributed by atoms with Crippen LogP contribution in [0, 0.1) is 11.8 Å². The van der Waals surface area contributed by atoms with Crippen molar-refractivity contribution in [1.29, 1.82) is 0 Å². The van der Waals surface area contributed by atoms with Crippen molar-refractivity contribution in [2.24, 2.45) is 11.8 Å². The van der Waals surface area contributed by atoms with Gasteiger partial charge < -0.3 is 19.3 Å². The Kier molecular flexibility index (Phi) is 10.8. The van der Waals surface area contributed by atoms with Crippen LogP contribution in [-0.4, -0.2) is 82.1 Å². The summed E-state index contributed by atoms with van der Waals surface area (Å²) >= 11 is 6.34. The van der Waals surface area contributed by atoms with Crippen molar-refractivity contribution in [2.45, 2.75) is 76.0 Å². The molecule has 1 aliphatic carbocycles. The summed E-state index contributed by atoms with van der Waals surface area (Å²) in [7, 11) is -0.645. The zero-order chi connectivity index (χ0) is 33.9. The molecule has 1 fully saturated rings. The number of nitrogens with one attached hydrogen (secondary N) is 1. The van der Waals surface area contributed by atoms with Gasteiger partial charge in [-0.25, -0.2) is 17.9 Å². The number of benzene rings is 2. The van der Waals surface area contributed by atoms with Gasteiger partial charge in [-0.1, -0.05) is 29.8 Å². The van der Waals surface area contributed by atoms with Gasteiger partial charge in [-0.15, -0.1) is 0 Å². The van der Waals surface area contributed by atoms with Crippen molar-refractivity contribution < 1.29 is 27.5 Å². The number of carbonyl (C=O) groups excluding carboxylic acids is 2. The number of anilines is 1. The Labute approximate surface area is 284 Å². The van der Waals surface area contributed by atoms with E-state index in [0.29, 0.717) is 42.7 Å². The Balaban J connectivity index is 1.58. The zero-order valence-corrected chi connectivity index (χ0v) is 29.6. The number of sulfonamides is 1. The standard InChI is InChI=1S/C35H47ClN4O6S/c1-6-45-34(42)39(5)30-11-9-18-38(4)35(2,3)33(41)37-47(43,44)28-15-17-32-31(21-28)40(22-25-13-16-29(25)30)19-8-7-10-24-20-27(36)14-12-26(24)23-46-32/h9,11-12,14-15,17,20-21,25,29-30H,6-8,10,13,16,18-19,22-23H2,1-5H3,(H,37,41)/b11-9+/t25-,29+,30+/m0/s1. The Hall–Kier alpha value is -3.28. The molecule has 0 radical (unpaired) electrons. The first-order valence-corrected chi connectivity index (χ1v) is 18.3. The molecule has 2 aromatic rings. The predicted molar refractivity (Wildman–Crippen MR) is 183 cm³/mol. The van der Waals surface area contributed by atoms with Crippen molar-refractivity contribution >= 4 is 39.3 Å². The molecule has 12 heteroatoms. The van der Waals surface area contributed by atoms with Crippen molar-refractivity contribution in [1.82, 2.24) is 14.5 Å². The molecule has 3 aliphatic rings. The van der Waals surface area contributed by atoms with E-state index in [-0.39, 0.29) is 35.5 Å². The second kappa shape index (κ2) is 14.5. The molecule has 10 nitrogen and oxygen atoms in total. The highest BCUT2D eigenvalue weighted by atomic mass is 35.5. The van der Waals surface area contributed by atoms with Gasteiger partial charge in [-0.3, -0.25) is 9.69 Å². The van der Waals surface area contributed by atoms with E-state index in [0.717, 1.165) is 43.2 Å². The molecule has 2 amide bonds. The maximum Gasteiger partial charge on any atom is 0.409 e. The minimum atomic E-state index is -4.20. The fourth-order valence-corrected chi connectivity index (χ4v) is 7.93. The molecular weight excluding hydrogens is 640 g/mol. The largest absolute Gasteiger partial charge is 0.487 e. The van der Waals surface area contributed by atoms with Crippen LogP contribution < -0.4 is 14.4 Å². The molecule has 256 valence electrons. The number of nitrogens with zero attached hydrogens (tertiary/aromatic N) is 3. The number of likely N-dealkylation sites (N-methyl/N-ethyl adjacent to an activating group) is 2. The predicted octanol–water partition coefficient (Wildman–Crippen LogP) is 5.63. The normalized spacial score (nSPS) is 25.4. The van der Waals surface area contributed by atoms with Gasteiger partial charge in [0, 0.05) is 31.7 Å². The fourth-order valence-electron chi connectivity index (χ4n) is 6.61. The zero-order valence-electron chi connectivity index (χ0n) is 28.0. The average molecular weight is 687 g/mol. The van der Waals surface area contributed by atoms with E-state index in [1.54, 1.807) is 56.8 Å². The highest BCUT2D eigenvalue weighted by molar-refractivity contribution is 7.90. The molecule has 5 rings (SSSR count). The maximum atomic E-state index is 13.7. The average Bonchev–Trinajstić information content (AvgIpc) is 3.04. The van der Waals surface area contributed by atoms with Crippen LogP contribution in [0.15, 0.2) is 53.4 Å². The van der Waals surface area contributed by atoms with E-state index < -0.39 is 21.5 Å². The number of fused-ring (bicyclic) bond motifs is 3. The summed E-state index contributed by atoms with van der Waals surface area (Å²) < 4.78 is 41.5. The molecule has 0 spiro atoms. The Bertz CT molecular complexity index is 1610. The summed E-state index contributed by atoms with van der Waals surface area (Å²) in [5.41, 5.74) is 1.69. The highest BCUT2D eigenvalue weighted by Gasteiger charge is 2.41. The van der Waals surface area contributed by atoms with Gasteiger partial charge in [-0.05, 0) is 113 Å². The van der Waals surface area contributed by atoms with Gasteiger partial charge in [0.05, 0.1) is 28.8 Å². The van der Waals surface area contributed by atoms with Crippen molar-refractivity contribution in [3.8, 4) is 5.75 Å². The lowest BCUT2D eigenvalue weighted by Crippen LogP contribution is -2.54. The van der Waals surface area contributed by atoms with E-state index in [2.05, 4.69) is 9.62 Å². The molecule has 2 aromatic carbocycles. The van der Waals surface area contributed by atoms with Crippen LogP contribution in [-0.2, 0) is 32.6 Å². The number of halogens is 1. The Morgan fingerprint density at radius 1 is 1.15 bits per heavy atom. The van der Waals surface area contributed by atoms with Crippen LogP contribution >= 0.6 is 11.6 Å². The third-order valence-electron chi connectivity index (χ3n) is 10.1. The van der Waals surface area contributed by atoms with Crippen LogP contribution in [0.25, 0.3) is 0 Å². The molecule has 1 saturated carbocycles. The monoisotopic (exact) mass is 686 g/mol. The summed E-state index contributed by atoms with van der Waals surface area (Å²) in [6.45, 7) is 7.48. The van der Waals surface area contributed by atoms with Gasteiger partial charge in [0.2, 0.25) is 0 Å². The summed E-state index contributed by atoms with van der Waals surface area (Å²) in [5, 5.41) is 0.684. The molecule has 2 heterocycles. The summed E-state index contributed by atoms with van der Waals surface area (Å²) in [6.07, 6.45) is 8.16. The molecular formula is C35H47ClN4O6S. The molecule has 0 saturated heterocycles. The first kappa shape index (κ1) is 35.0. The van der Waals surface area contributed by atoms with E-state index in [1.807, 2.05) is 30.4 Å². The van der Waals surface area contributed by atoms with E-state index in [1.165, 1.54) is 6.07 Å². The maximum absolute atomic E-state index is 13.7. The lowest BCUT2D eigenvalue weighted by molar-refractivity contribution is -0.128. The molecule has 47 heavy (non-hydrogen) atoms. The molecule has 2 bridgehead atoms. The lowest BCUT2D eigenvalue weighted by Gasteiger charge is -2.46. The smallest absolute Gasteiger partial charge is 0.409 e. The van der Waals surface area contributed by atoms with Gasteiger partial charge >= 0.3 is 6.09 Å². The molecule has 3 atom stereocenters. The second-order valence-electron chi connectivity index (χ2n) is 13.3. The fraction of sp³-hybridized carbons (Fsp3) is 0.543. The van der Waals surface area contributed by atoms with Gasteiger partial charge in [0.25, 0.3) is 15.9 Å². The highest BCUT2D eigenvalue weighted by Crippen LogP contribution is 2.42. The Morgan fingerprint density at radius 2 is 1.94 bits per heavy atom. The first-order valence-electron chi connectivity index (χ1n) is 16.5. The van der Waals surface area contributed by atoms with Crippen LogP contribution in [0.5, 0.6) is 5.75 Å². The van der Waals surface area contributed by atoms with Crippen LogP contribution in [0.1, 0.15) is 57.6 Å². The molecule has 0 unspecified atom stereocenters. The molecule has 2 aliphatic heterocycles. The minimum absolute atomic E-state index is 0.00391. The number of rotatable bonds is 2. The van der Waals surface area contributed by atoms with Gasteiger partial charge in [0.1, 0.15) is 12.4 Å². The van der Waals surface area contributed by atoms with Crippen LogP contribution in [0.4, 0.5) is 10.5 Å². The first-order chi connectivity index (χ1) is 22.3. The third kappa shape index (κ3) is 7.73. The molecule has 1 N–H and O–H groups in total. The molecule has 0 aromatic heterocycles. The topological polar surface area (TPSA) is 108 Å². The summed E-state index contributed by atoms with van der Waals surface area (Å²) in [6, 6.07) is 10.4. The minimum Gasteiger partial charge on any atom is -0.487 e. The van der Waals surface area contributed by atoms with E-state index in [9.17, 15) is 18.0 Å². The van der Waals surface area contributed by atoms with Crippen molar-refractivity contribution in [3.05, 3.63) is 64.7 Å². The van der Waals surface area contributed by atoms with Gasteiger partial charge in [0.15, 0.2) is 0 Å². The number of hydrogen-bond acceptors (Lipinski definition) is 8. The van der Waals surface area contributed by atoms with Gasteiger partial charge in [-0.2, -0.15) is 0 Å². The van der Waals surface area contributed by atoms with Crippen molar-refractivity contribution in [2.75, 3.05) is 45.2 Å². The van der Waals surface area contributed by atoms with E-state index in [4.69, 9.17) is 21.1 Å². The summed E-state index contributed by atoms with van der Waals surface area (Å²) in [5.74, 6) is 0.323. The van der Waals surface area contributed by atoms with Crippen LogP contribution in [0.2, 0.25) is 5.02 Å². The van der Waals surface area contributed by atoms with Crippen LogP contribution in [0.3, 0.4) is 0 Å². The number of amides is 2. The summed E-state index contributed by atoms with van der Waals surface area (Å²) in [4.78, 5) is 32.1. The lowest BCUT2D eigenvalue weighted by atomic mass is 9.68. The second-order valence-corrected chi connectivity index (χ2v) is 15.5. The van der Waals surface area contributed by atoms with Crippen molar-refractivity contribution in [3.63, 3.8) is 0 Å². The quantitative estimate of drug-likeness (QED) is 0.405. The SMILES string of the molecule is CCOC(=O)N(C)[C@@H]1/C=C/CN(C)C(C)(C)C(=O)NS(=O)(=O)c2ccc3c(c2)N(CCCCc2cc(Cl)ccc2CO3)C[C@@H]2CC[C@H]21. The van der Waals surface area contributed by atoms with E-state index >= 15 is 0 Å². The number of carbonyl (C=O) groups is 2. The number of hydrogen-bond donors (Lipinski definition) is 1.